The number of hydrogen-bond acceptors (Lipinski definition) is 5. The summed E-state index contributed by atoms with van der Waals surface area (Å²) in [5, 5.41) is 3.27. The van der Waals surface area contributed by atoms with E-state index in [1.165, 1.54) is 6.42 Å². The van der Waals surface area contributed by atoms with Crippen LogP contribution in [0.4, 0.5) is 0 Å². The van der Waals surface area contributed by atoms with Crippen molar-refractivity contribution in [2.75, 3.05) is 40.4 Å². The molecule has 7 nitrogen and oxygen atoms in total. The highest BCUT2D eigenvalue weighted by molar-refractivity contribution is 5.85. The summed E-state index contributed by atoms with van der Waals surface area (Å²) in [6.45, 7) is 12.4. The van der Waals surface area contributed by atoms with Crippen molar-refractivity contribution < 1.29 is 19.1 Å². The van der Waals surface area contributed by atoms with Crippen LogP contribution in [0.5, 0.6) is 11.5 Å². The third-order valence-corrected chi connectivity index (χ3v) is 8.76. The van der Waals surface area contributed by atoms with E-state index < -0.39 is 0 Å². The Hall–Kier alpha value is -3.84. The van der Waals surface area contributed by atoms with Crippen molar-refractivity contribution in [3.05, 3.63) is 95.6 Å². The maximum atomic E-state index is 13.5. The Balaban J connectivity index is 0.00000109. The number of methoxy groups -OCH3 is 2. The molecule has 2 amide bonds. The number of rotatable bonds is 11. The molecular weight excluding hydrogens is 574 g/mol. The molecule has 1 N–H and O–H groups in total. The molecular formula is C39H55N3O4. The summed E-state index contributed by atoms with van der Waals surface area (Å²) in [5.74, 6) is 1.84. The zero-order chi connectivity index (χ0) is 33.4. The van der Waals surface area contributed by atoms with Gasteiger partial charge in [-0.1, -0.05) is 94.8 Å². The zero-order valence-corrected chi connectivity index (χ0v) is 28.9. The number of carbonyl (C=O) groups is 2. The van der Waals surface area contributed by atoms with Crippen molar-refractivity contribution in [2.45, 2.75) is 78.8 Å². The van der Waals surface area contributed by atoms with E-state index in [1.807, 2.05) is 85.5 Å². The van der Waals surface area contributed by atoms with Gasteiger partial charge in [-0.05, 0) is 68.1 Å². The molecule has 3 aromatic rings. The number of para-hydroxylation sites is 1. The average molecular weight is 630 g/mol. The first-order valence-corrected chi connectivity index (χ1v) is 17.0. The zero-order valence-electron chi connectivity index (χ0n) is 28.9. The maximum Gasteiger partial charge on any atom is 0.229 e. The smallest absolute Gasteiger partial charge is 0.229 e. The van der Waals surface area contributed by atoms with Crippen LogP contribution >= 0.6 is 0 Å². The molecule has 7 heteroatoms. The van der Waals surface area contributed by atoms with Crippen molar-refractivity contribution in [3.8, 4) is 11.5 Å². The minimum atomic E-state index is -0.231. The third-order valence-electron chi connectivity index (χ3n) is 8.76. The fraction of sp³-hybridized carbons (Fsp3) is 0.487. The second-order valence-electron chi connectivity index (χ2n) is 12.0. The lowest BCUT2D eigenvalue weighted by Crippen LogP contribution is -2.45. The normalized spacial score (nSPS) is 16.0. The largest absolute Gasteiger partial charge is 0.497 e. The van der Waals surface area contributed by atoms with Gasteiger partial charge in [-0.2, -0.15) is 0 Å². The molecule has 250 valence electrons. The van der Waals surface area contributed by atoms with Gasteiger partial charge in [0, 0.05) is 25.2 Å². The van der Waals surface area contributed by atoms with Gasteiger partial charge in [0.15, 0.2) is 0 Å². The molecule has 46 heavy (non-hydrogen) atoms. The molecule has 0 radical (unpaired) electrons. The van der Waals surface area contributed by atoms with Gasteiger partial charge in [-0.25, -0.2) is 0 Å². The van der Waals surface area contributed by atoms with Crippen LogP contribution in [0, 0.1) is 5.41 Å². The number of amides is 2. The number of carbonyl (C=O) groups excluding carboxylic acids is 2. The van der Waals surface area contributed by atoms with Gasteiger partial charge < -0.3 is 24.6 Å². The minimum Gasteiger partial charge on any atom is -0.497 e. The van der Waals surface area contributed by atoms with Crippen molar-refractivity contribution in [2.24, 2.45) is 5.41 Å². The highest BCUT2D eigenvalue weighted by Gasteiger charge is 2.47. The van der Waals surface area contributed by atoms with E-state index in [0.717, 1.165) is 80.1 Å². The van der Waals surface area contributed by atoms with Gasteiger partial charge in [0.05, 0.1) is 32.1 Å². The second-order valence-corrected chi connectivity index (χ2v) is 12.0. The molecule has 2 aliphatic rings. The van der Waals surface area contributed by atoms with Gasteiger partial charge >= 0.3 is 0 Å². The summed E-state index contributed by atoms with van der Waals surface area (Å²) in [7, 11) is 3.29. The SMILES string of the molecule is CC.CCC.COc1ccc(CN2CCC3(CCN(CCC(NC(=O)Cc4ccccc4OC)c4ccccc4)CC3)C2=O)cc1. The molecule has 0 aromatic heterocycles. The molecule has 1 atom stereocenters. The van der Waals surface area contributed by atoms with E-state index in [4.69, 9.17) is 9.47 Å². The predicted octanol–water partition coefficient (Wildman–Crippen LogP) is 7.45. The first-order valence-electron chi connectivity index (χ1n) is 17.0. The second kappa shape index (κ2) is 19.0. The van der Waals surface area contributed by atoms with Gasteiger partial charge in [-0.15, -0.1) is 0 Å². The molecule has 5 rings (SSSR count). The minimum absolute atomic E-state index is 0.0190. The van der Waals surface area contributed by atoms with Gasteiger partial charge in [0.2, 0.25) is 11.8 Å². The molecule has 2 fully saturated rings. The number of nitrogens with one attached hydrogen (secondary N) is 1. The number of benzene rings is 3. The Bertz CT molecular complexity index is 1320. The summed E-state index contributed by atoms with van der Waals surface area (Å²) in [4.78, 5) is 31.1. The fourth-order valence-electron chi connectivity index (χ4n) is 6.25. The van der Waals surface area contributed by atoms with Gasteiger partial charge in [0.25, 0.3) is 0 Å². The number of likely N-dealkylation sites (tertiary alicyclic amines) is 2. The van der Waals surface area contributed by atoms with Crippen molar-refractivity contribution in [1.82, 2.24) is 15.1 Å². The van der Waals surface area contributed by atoms with E-state index in [1.54, 1.807) is 14.2 Å². The number of hydrogen-bond donors (Lipinski definition) is 1. The van der Waals surface area contributed by atoms with Crippen LogP contribution in [0.15, 0.2) is 78.9 Å². The fourth-order valence-corrected chi connectivity index (χ4v) is 6.25. The summed E-state index contributed by atoms with van der Waals surface area (Å²) >= 11 is 0. The Morgan fingerprint density at radius 1 is 0.848 bits per heavy atom. The topological polar surface area (TPSA) is 71.1 Å². The molecule has 1 spiro atoms. The van der Waals surface area contributed by atoms with Crippen molar-refractivity contribution >= 4 is 11.8 Å². The molecule has 2 aliphatic heterocycles. The molecule has 3 aromatic carbocycles. The Labute approximate surface area is 277 Å². The van der Waals surface area contributed by atoms with Crippen LogP contribution in [0.25, 0.3) is 0 Å². The molecule has 2 heterocycles. The average Bonchev–Trinajstić information content (AvgIpc) is 3.39. The molecule has 0 bridgehead atoms. The van der Waals surface area contributed by atoms with Crippen LogP contribution in [0.2, 0.25) is 0 Å². The molecule has 1 unspecified atom stereocenters. The van der Waals surface area contributed by atoms with Crippen molar-refractivity contribution in [3.63, 3.8) is 0 Å². The van der Waals surface area contributed by atoms with E-state index >= 15 is 0 Å². The lowest BCUT2D eigenvalue weighted by Gasteiger charge is -2.38. The molecule has 0 aliphatic carbocycles. The van der Waals surface area contributed by atoms with Crippen LogP contribution in [0.3, 0.4) is 0 Å². The van der Waals surface area contributed by atoms with Crippen LogP contribution in [-0.4, -0.2) is 62.0 Å². The number of ether oxygens (including phenoxy) is 2. The van der Waals surface area contributed by atoms with E-state index in [9.17, 15) is 9.59 Å². The van der Waals surface area contributed by atoms with E-state index in [2.05, 4.69) is 36.2 Å². The highest BCUT2D eigenvalue weighted by Crippen LogP contribution is 2.42. The Morgan fingerprint density at radius 2 is 1.46 bits per heavy atom. The van der Waals surface area contributed by atoms with Crippen LogP contribution in [-0.2, 0) is 22.6 Å². The predicted molar refractivity (Wildman–Crippen MR) is 187 cm³/mol. The lowest BCUT2D eigenvalue weighted by atomic mass is 9.77. The quantitative estimate of drug-likeness (QED) is 0.239. The maximum absolute atomic E-state index is 13.5. The van der Waals surface area contributed by atoms with Gasteiger partial charge in [0.1, 0.15) is 11.5 Å². The third kappa shape index (κ3) is 10.1. The monoisotopic (exact) mass is 629 g/mol. The summed E-state index contributed by atoms with van der Waals surface area (Å²) in [5.41, 5.74) is 2.89. The summed E-state index contributed by atoms with van der Waals surface area (Å²) in [6.07, 6.45) is 5.05. The van der Waals surface area contributed by atoms with Crippen LogP contribution < -0.4 is 14.8 Å². The van der Waals surface area contributed by atoms with Gasteiger partial charge in [-0.3, -0.25) is 9.59 Å². The Morgan fingerprint density at radius 3 is 2.09 bits per heavy atom. The summed E-state index contributed by atoms with van der Waals surface area (Å²) in [6, 6.07) is 25.7. The first-order chi connectivity index (χ1) is 22.4. The van der Waals surface area contributed by atoms with Crippen LogP contribution in [0.1, 0.15) is 82.5 Å². The standard InChI is InChI=1S/C34H41N3O4.C3H8.C2H6/c1-40-29-14-12-26(13-15-29)25-37-23-19-34(33(37)39)17-21-36(22-18-34)20-16-30(27-8-4-3-5-9-27)35-32(38)24-28-10-6-7-11-31(28)41-2;1-3-2;1-2/h3-15,30H,16-25H2,1-2H3,(H,35,38);3H2,1-2H3;1-2H3. The highest BCUT2D eigenvalue weighted by atomic mass is 16.5. The van der Waals surface area contributed by atoms with E-state index in [0.29, 0.717) is 12.5 Å². The number of nitrogens with zero attached hydrogens (tertiary/aromatic N) is 2. The first kappa shape index (κ1) is 36.6. The number of piperidine rings is 1. The molecule has 2 saturated heterocycles. The lowest BCUT2D eigenvalue weighted by molar-refractivity contribution is -0.139. The van der Waals surface area contributed by atoms with E-state index in [-0.39, 0.29) is 23.8 Å². The summed E-state index contributed by atoms with van der Waals surface area (Å²) < 4.78 is 10.7. The molecule has 0 saturated carbocycles. The van der Waals surface area contributed by atoms with Crippen molar-refractivity contribution in [1.29, 1.82) is 0 Å². The Kier molecular flexibility index (Phi) is 15.1.